The van der Waals surface area contributed by atoms with Crippen molar-refractivity contribution in [2.24, 2.45) is 0 Å². The summed E-state index contributed by atoms with van der Waals surface area (Å²) in [7, 11) is 0. The van der Waals surface area contributed by atoms with Gasteiger partial charge in [0.15, 0.2) is 5.76 Å². The summed E-state index contributed by atoms with van der Waals surface area (Å²) in [5.74, 6) is 0.535. The van der Waals surface area contributed by atoms with Gasteiger partial charge in [0.1, 0.15) is 13.2 Å². The highest BCUT2D eigenvalue weighted by molar-refractivity contribution is 5.01. The minimum atomic E-state index is -1.12. The summed E-state index contributed by atoms with van der Waals surface area (Å²) in [5.41, 5.74) is -1.12. The molecule has 6 nitrogen and oxygen atoms in total. The van der Waals surface area contributed by atoms with Crippen LogP contribution in [0, 0.1) is 10.1 Å². The van der Waals surface area contributed by atoms with Crippen molar-refractivity contribution in [2.75, 3.05) is 13.2 Å². The Balaban J connectivity index is 2.04. The van der Waals surface area contributed by atoms with Crippen molar-refractivity contribution in [3.63, 3.8) is 0 Å². The minimum Gasteiger partial charge on any atom is -0.464 e. The average Bonchev–Trinajstić information content (AvgIpc) is 2.82. The van der Waals surface area contributed by atoms with Crippen molar-refractivity contribution in [1.82, 2.24) is 0 Å². The average molecular weight is 227 g/mol. The van der Waals surface area contributed by atoms with Crippen LogP contribution in [-0.2, 0) is 9.47 Å². The van der Waals surface area contributed by atoms with Gasteiger partial charge in [0, 0.05) is 11.3 Å². The van der Waals surface area contributed by atoms with Crippen LogP contribution in [0.2, 0.25) is 0 Å². The molecular weight excluding hydrogens is 214 g/mol. The summed E-state index contributed by atoms with van der Waals surface area (Å²) in [6.07, 6.45) is 1.26. The molecule has 0 aromatic carbocycles. The first-order valence-corrected chi connectivity index (χ1v) is 5.09. The lowest BCUT2D eigenvalue weighted by molar-refractivity contribution is -0.592. The third-order valence-corrected chi connectivity index (χ3v) is 2.83. The Kier molecular flexibility index (Phi) is 2.93. The predicted molar refractivity (Wildman–Crippen MR) is 53.4 cm³/mol. The first kappa shape index (κ1) is 11.1. The highest BCUT2D eigenvalue weighted by atomic mass is 16.7. The Hall–Kier alpha value is -1.40. The number of furan rings is 1. The van der Waals surface area contributed by atoms with Crippen LogP contribution in [-0.4, -0.2) is 23.7 Å². The summed E-state index contributed by atoms with van der Waals surface area (Å²) in [4.78, 5) is 10.6. The van der Waals surface area contributed by atoms with Crippen molar-refractivity contribution in [3.8, 4) is 0 Å². The van der Waals surface area contributed by atoms with E-state index in [9.17, 15) is 10.1 Å². The van der Waals surface area contributed by atoms with Gasteiger partial charge in [-0.3, -0.25) is 10.1 Å². The molecule has 0 N–H and O–H groups in total. The van der Waals surface area contributed by atoms with Gasteiger partial charge in [-0.05, 0) is 12.1 Å². The number of hydrogen-bond donors (Lipinski definition) is 0. The molecule has 0 bridgehead atoms. The van der Waals surface area contributed by atoms with Crippen LogP contribution in [0.4, 0.5) is 0 Å². The fourth-order valence-corrected chi connectivity index (χ4v) is 1.58. The lowest BCUT2D eigenvalue weighted by Gasteiger charge is -2.31. The van der Waals surface area contributed by atoms with E-state index in [1.165, 1.54) is 6.26 Å². The maximum atomic E-state index is 10.9. The van der Waals surface area contributed by atoms with Gasteiger partial charge in [0.05, 0.1) is 6.26 Å². The molecule has 1 saturated heterocycles. The standard InChI is InChI=1S/C10H13NO5/c1-2-10(11(12)13)6-15-9(16-7-10)8-4-3-5-14-8/h3-5,9H,2,6-7H2,1H3. The molecule has 1 fully saturated rings. The second kappa shape index (κ2) is 4.23. The van der Waals surface area contributed by atoms with Crippen LogP contribution in [0.5, 0.6) is 0 Å². The third kappa shape index (κ3) is 1.81. The first-order chi connectivity index (χ1) is 7.68. The van der Waals surface area contributed by atoms with E-state index in [1.54, 1.807) is 19.1 Å². The van der Waals surface area contributed by atoms with Crippen molar-refractivity contribution >= 4 is 0 Å². The fourth-order valence-electron chi connectivity index (χ4n) is 1.58. The zero-order valence-corrected chi connectivity index (χ0v) is 8.92. The third-order valence-electron chi connectivity index (χ3n) is 2.83. The molecule has 1 aromatic rings. The number of nitrogens with zero attached hydrogens (tertiary/aromatic N) is 1. The molecule has 0 amide bonds. The second-order valence-electron chi connectivity index (χ2n) is 3.80. The van der Waals surface area contributed by atoms with Crippen LogP contribution in [0.1, 0.15) is 25.4 Å². The molecule has 0 radical (unpaired) electrons. The van der Waals surface area contributed by atoms with E-state index in [0.717, 1.165) is 0 Å². The molecule has 0 aliphatic carbocycles. The Labute approximate surface area is 92.3 Å². The second-order valence-corrected chi connectivity index (χ2v) is 3.80. The first-order valence-electron chi connectivity index (χ1n) is 5.09. The number of hydrogen-bond acceptors (Lipinski definition) is 5. The molecule has 16 heavy (non-hydrogen) atoms. The number of ether oxygens (including phenoxy) is 2. The van der Waals surface area contributed by atoms with Gasteiger partial charge < -0.3 is 13.9 Å². The van der Waals surface area contributed by atoms with Crippen LogP contribution >= 0.6 is 0 Å². The van der Waals surface area contributed by atoms with Crippen molar-refractivity contribution in [2.45, 2.75) is 25.2 Å². The van der Waals surface area contributed by atoms with Crippen molar-refractivity contribution in [3.05, 3.63) is 34.3 Å². The normalized spacial score (nSPS) is 30.2. The SMILES string of the molecule is CCC1([N+](=O)[O-])COC(c2ccco2)OC1. The lowest BCUT2D eigenvalue weighted by Crippen LogP contribution is -2.50. The topological polar surface area (TPSA) is 74.7 Å². The Morgan fingerprint density at radius 2 is 2.25 bits per heavy atom. The Bertz CT molecular complexity index is 353. The molecule has 2 rings (SSSR count). The van der Waals surface area contributed by atoms with Crippen LogP contribution in [0.25, 0.3) is 0 Å². The molecule has 2 heterocycles. The van der Waals surface area contributed by atoms with Crippen molar-refractivity contribution < 1.29 is 18.8 Å². The molecular formula is C10H13NO5. The number of rotatable bonds is 3. The number of nitro groups is 1. The molecule has 88 valence electrons. The monoisotopic (exact) mass is 227 g/mol. The highest BCUT2D eigenvalue weighted by Gasteiger charge is 2.47. The van der Waals surface area contributed by atoms with E-state index >= 15 is 0 Å². The summed E-state index contributed by atoms with van der Waals surface area (Å²) in [6, 6.07) is 3.44. The molecule has 0 saturated carbocycles. The molecule has 0 spiro atoms. The predicted octanol–water partition coefficient (Wildman–Crippen LogP) is 1.75. The summed E-state index contributed by atoms with van der Waals surface area (Å²) >= 11 is 0. The molecule has 1 aliphatic heterocycles. The van der Waals surface area contributed by atoms with Crippen LogP contribution < -0.4 is 0 Å². The van der Waals surface area contributed by atoms with E-state index in [-0.39, 0.29) is 18.1 Å². The summed E-state index contributed by atoms with van der Waals surface area (Å²) in [6.45, 7) is 1.84. The van der Waals surface area contributed by atoms with E-state index in [2.05, 4.69) is 0 Å². The maximum absolute atomic E-state index is 10.9. The van der Waals surface area contributed by atoms with Gasteiger partial charge in [-0.25, -0.2) is 0 Å². The lowest BCUT2D eigenvalue weighted by atomic mass is 9.99. The Morgan fingerprint density at radius 1 is 1.56 bits per heavy atom. The smallest absolute Gasteiger partial charge is 0.267 e. The molecule has 1 aromatic heterocycles. The molecule has 0 unspecified atom stereocenters. The summed E-state index contributed by atoms with van der Waals surface area (Å²) in [5, 5.41) is 10.9. The van der Waals surface area contributed by atoms with Gasteiger partial charge in [-0.2, -0.15) is 0 Å². The maximum Gasteiger partial charge on any atom is 0.267 e. The fraction of sp³-hybridized carbons (Fsp3) is 0.600. The van der Waals surface area contributed by atoms with Gasteiger partial charge in [-0.15, -0.1) is 0 Å². The largest absolute Gasteiger partial charge is 0.464 e. The van der Waals surface area contributed by atoms with E-state index in [4.69, 9.17) is 13.9 Å². The molecule has 0 atom stereocenters. The van der Waals surface area contributed by atoms with E-state index in [1.807, 2.05) is 0 Å². The Morgan fingerprint density at radius 3 is 2.69 bits per heavy atom. The van der Waals surface area contributed by atoms with Crippen LogP contribution in [0.15, 0.2) is 22.8 Å². The van der Waals surface area contributed by atoms with Gasteiger partial charge in [0.25, 0.3) is 5.54 Å². The quantitative estimate of drug-likeness (QED) is 0.580. The van der Waals surface area contributed by atoms with Gasteiger partial charge >= 0.3 is 0 Å². The zero-order chi connectivity index (χ0) is 11.6. The van der Waals surface area contributed by atoms with E-state index in [0.29, 0.717) is 12.2 Å². The molecule has 6 heteroatoms. The highest BCUT2D eigenvalue weighted by Crippen LogP contribution is 2.30. The summed E-state index contributed by atoms with van der Waals surface area (Å²) < 4.78 is 15.8. The zero-order valence-electron chi connectivity index (χ0n) is 8.92. The minimum absolute atomic E-state index is 0.0435. The molecule has 1 aliphatic rings. The van der Waals surface area contributed by atoms with E-state index < -0.39 is 11.8 Å². The van der Waals surface area contributed by atoms with Crippen molar-refractivity contribution in [1.29, 1.82) is 0 Å². The van der Waals surface area contributed by atoms with Gasteiger partial charge in [-0.1, -0.05) is 6.92 Å². The van der Waals surface area contributed by atoms with Crippen LogP contribution in [0.3, 0.4) is 0 Å². The van der Waals surface area contributed by atoms with Gasteiger partial charge in [0.2, 0.25) is 6.29 Å².